The zero-order valence-corrected chi connectivity index (χ0v) is 14.7. The van der Waals surface area contributed by atoms with Crippen molar-refractivity contribution in [2.24, 2.45) is 0 Å². The Morgan fingerprint density at radius 3 is 2.42 bits per heavy atom. The molecular formula is C19H16ClFN4O. The minimum absolute atomic E-state index is 0.266. The molecule has 2 aromatic carbocycles. The average molecular weight is 371 g/mol. The number of nitrogens with zero attached hydrogens (tertiary/aromatic N) is 4. The van der Waals surface area contributed by atoms with E-state index in [1.807, 2.05) is 12.1 Å². The Morgan fingerprint density at radius 1 is 0.962 bits per heavy atom. The minimum Gasteiger partial charge on any atom is -0.378 e. The van der Waals surface area contributed by atoms with Gasteiger partial charge in [0.05, 0.1) is 18.8 Å². The van der Waals surface area contributed by atoms with Crippen LogP contribution < -0.4 is 4.90 Å². The number of benzene rings is 2. The third kappa shape index (κ3) is 3.38. The molecule has 0 atom stereocenters. The standard InChI is InChI=1S/C19H16ClFN4O/c20-14-7-5-13(6-8-14)17-19(25-9-11-26-12-10-25)22-18(24-23-17)15-3-1-2-4-16(15)21/h1-8H,9-12H2. The number of hydrogen-bond acceptors (Lipinski definition) is 5. The summed E-state index contributed by atoms with van der Waals surface area (Å²) in [6.45, 7) is 2.60. The van der Waals surface area contributed by atoms with Crippen LogP contribution in [-0.4, -0.2) is 41.5 Å². The SMILES string of the molecule is Fc1ccccc1-c1nnc(-c2ccc(Cl)cc2)c(N2CCOCC2)n1. The Bertz CT molecular complexity index is 914. The minimum atomic E-state index is -0.374. The molecule has 1 aromatic heterocycles. The maximum Gasteiger partial charge on any atom is 0.186 e. The molecule has 1 fully saturated rings. The molecule has 3 aromatic rings. The molecular weight excluding hydrogens is 355 g/mol. The van der Waals surface area contributed by atoms with Crippen molar-refractivity contribution in [1.29, 1.82) is 0 Å². The van der Waals surface area contributed by atoms with Gasteiger partial charge in [0, 0.05) is 23.7 Å². The molecule has 0 amide bonds. The van der Waals surface area contributed by atoms with E-state index >= 15 is 0 Å². The maximum absolute atomic E-state index is 14.2. The Kier molecular flexibility index (Phi) is 4.77. The molecule has 7 heteroatoms. The van der Waals surface area contributed by atoms with Crippen LogP contribution in [0, 0.1) is 5.82 Å². The fourth-order valence-corrected chi connectivity index (χ4v) is 2.99. The van der Waals surface area contributed by atoms with Crippen LogP contribution in [0.3, 0.4) is 0 Å². The molecule has 0 spiro atoms. The third-order valence-corrected chi connectivity index (χ3v) is 4.46. The average Bonchev–Trinajstić information content (AvgIpc) is 2.69. The first-order valence-corrected chi connectivity index (χ1v) is 8.68. The van der Waals surface area contributed by atoms with Crippen LogP contribution in [0.15, 0.2) is 48.5 Å². The van der Waals surface area contributed by atoms with Gasteiger partial charge < -0.3 is 9.64 Å². The highest BCUT2D eigenvalue weighted by Crippen LogP contribution is 2.30. The van der Waals surface area contributed by atoms with Crippen LogP contribution in [-0.2, 0) is 4.74 Å². The van der Waals surface area contributed by atoms with E-state index in [-0.39, 0.29) is 11.6 Å². The summed E-state index contributed by atoms with van der Waals surface area (Å²) in [5.41, 5.74) is 1.83. The van der Waals surface area contributed by atoms with Gasteiger partial charge in [-0.15, -0.1) is 10.2 Å². The van der Waals surface area contributed by atoms with Gasteiger partial charge in [-0.2, -0.15) is 0 Å². The Labute approximate surface area is 155 Å². The first-order valence-electron chi connectivity index (χ1n) is 8.30. The van der Waals surface area contributed by atoms with Gasteiger partial charge in [-0.3, -0.25) is 0 Å². The molecule has 0 saturated carbocycles. The zero-order chi connectivity index (χ0) is 17.9. The molecule has 132 valence electrons. The van der Waals surface area contributed by atoms with Gasteiger partial charge in [0.2, 0.25) is 0 Å². The van der Waals surface area contributed by atoms with Gasteiger partial charge in [-0.05, 0) is 24.3 Å². The molecule has 1 aliphatic rings. The molecule has 1 saturated heterocycles. The van der Waals surface area contributed by atoms with E-state index in [9.17, 15) is 4.39 Å². The number of morpholine rings is 1. The summed E-state index contributed by atoms with van der Waals surface area (Å²) >= 11 is 5.99. The molecule has 0 radical (unpaired) electrons. The van der Waals surface area contributed by atoms with Gasteiger partial charge in [0.1, 0.15) is 11.5 Å². The highest BCUT2D eigenvalue weighted by atomic mass is 35.5. The number of aromatic nitrogens is 3. The summed E-state index contributed by atoms with van der Waals surface area (Å²) in [4.78, 5) is 6.74. The van der Waals surface area contributed by atoms with Crippen molar-refractivity contribution in [3.05, 3.63) is 59.4 Å². The fourth-order valence-electron chi connectivity index (χ4n) is 2.86. The number of rotatable bonds is 3. The van der Waals surface area contributed by atoms with Crippen LogP contribution in [0.4, 0.5) is 10.2 Å². The third-order valence-electron chi connectivity index (χ3n) is 4.21. The van der Waals surface area contributed by atoms with Crippen molar-refractivity contribution >= 4 is 17.4 Å². The molecule has 0 bridgehead atoms. The van der Waals surface area contributed by atoms with Crippen LogP contribution in [0.1, 0.15) is 0 Å². The molecule has 0 unspecified atom stereocenters. The number of anilines is 1. The summed E-state index contributed by atoms with van der Waals surface area (Å²) in [6, 6.07) is 13.8. The molecule has 1 aliphatic heterocycles. The van der Waals surface area contributed by atoms with Crippen molar-refractivity contribution in [2.75, 3.05) is 31.2 Å². The van der Waals surface area contributed by atoms with Crippen LogP contribution in [0.2, 0.25) is 5.02 Å². The second kappa shape index (κ2) is 7.35. The van der Waals surface area contributed by atoms with E-state index in [1.54, 1.807) is 30.3 Å². The first-order chi connectivity index (χ1) is 12.7. The molecule has 4 rings (SSSR count). The Morgan fingerprint density at radius 2 is 1.69 bits per heavy atom. The van der Waals surface area contributed by atoms with Crippen molar-refractivity contribution in [3.8, 4) is 22.6 Å². The van der Waals surface area contributed by atoms with Gasteiger partial charge in [0.25, 0.3) is 0 Å². The summed E-state index contributed by atoms with van der Waals surface area (Å²) in [5, 5.41) is 9.18. The van der Waals surface area contributed by atoms with E-state index in [2.05, 4.69) is 20.1 Å². The van der Waals surface area contributed by atoms with Crippen molar-refractivity contribution < 1.29 is 9.13 Å². The maximum atomic E-state index is 14.2. The van der Waals surface area contributed by atoms with E-state index in [1.165, 1.54) is 6.07 Å². The lowest BCUT2D eigenvalue weighted by atomic mass is 10.1. The fraction of sp³-hybridized carbons (Fsp3) is 0.211. The van der Waals surface area contributed by atoms with Crippen LogP contribution in [0.25, 0.3) is 22.6 Å². The van der Waals surface area contributed by atoms with Gasteiger partial charge in [-0.25, -0.2) is 9.37 Å². The van der Waals surface area contributed by atoms with E-state index in [0.29, 0.717) is 48.4 Å². The summed E-state index contributed by atoms with van der Waals surface area (Å²) < 4.78 is 19.6. The molecule has 0 aliphatic carbocycles. The highest BCUT2D eigenvalue weighted by Gasteiger charge is 2.21. The normalized spacial score (nSPS) is 14.5. The Hall–Kier alpha value is -2.57. The lowest BCUT2D eigenvalue weighted by molar-refractivity contribution is 0.122. The van der Waals surface area contributed by atoms with Gasteiger partial charge >= 0.3 is 0 Å². The summed E-state index contributed by atoms with van der Waals surface area (Å²) in [5.74, 6) is 0.563. The van der Waals surface area contributed by atoms with E-state index < -0.39 is 0 Å². The second-order valence-corrected chi connectivity index (χ2v) is 6.33. The monoisotopic (exact) mass is 370 g/mol. The lowest BCUT2D eigenvalue weighted by Crippen LogP contribution is -2.37. The van der Waals surface area contributed by atoms with Gasteiger partial charge in [-0.1, -0.05) is 35.9 Å². The lowest BCUT2D eigenvalue weighted by Gasteiger charge is -2.29. The van der Waals surface area contributed by atoms with E-state index in [0.717, 1.165) is 5.56 Å². The zero-order valence-electron chi connectivity index (χ0n) is 13.9. The molecule has 0 N–H and O–H groups in total. The van der Waals surface area contributed by atoms with Gasteiger partial charge in [0.15, 0.2) is 11.6 Å². The predicted molar refractivity (Wildman–Crippen MR) is 98.7 cm³/mol. The Balaban J connectivity index is 1.83. The predicted octanol–water partition coefficient (Wildman–Crippen LogP) is 3.83. The van der Waals surface area contributed by atoms with Crippen LogP contribution in [0.5, 0.6) is 0 Å². The summed E-state index contributed by atoms with van der Waals surface area (Å²) in [6.07, 6.45) is 0. The van der Waals surface area contributed by atoms with Crippen molar-refractivity contribution in [1.82, 2.24) is 15.2 Å². The van der Waals surface area contributed by atoms with Crippen molar-refractivity contribution in [2.45, 2.75) is 0 Å². The largest absolute Gasteiger partial charge is 0.378 e. The summed E-state index contributed by atoms with van der Waals surface area (Å²) in [7, 11) is 0. The van der Waals surface area contributed by atoms with Crippen molar-refractivity contribution in [3.63, 3.8) is 0 Å². The van der Waals surface area contributed by atoms with Crippen LogP contribution >= 0.6 is 11.6 Å². The first kappa shape index (κ1) is 16.9. The smallest absolute Gasteiger partial charge is 0.186 e. The highest BCUT2D eigenvalue weighted by molar-refractivity contribution is 6.30. The number of ether oxygens (including phenoxy) is 1. The second-order valence-electron chi connectivity index (χ2n) is 5.89. The number of hydrogen-bond donors (Lipinski definition) is 0. The molecule has 2 heterocycles. The number of halogens is 2. The molecule has 26 heavy (non-hydrogen) atoms. The quantitative estimate of drug-likeness (QED) is 0.701. The topological polar surface area (TPSA) is 51.1 Å². The molecule has 5 nitrogen and oxygen atoms in total. The van der Waals surface area contributed by atoms with E-state index in [4.69, 9.17) is 16.3 Å².